The van der Waals surface area contributed by atoms with Gasteiger partial charge in [-0.05, 0) is 11.5 Å². The summed E-state index contributed by atoms with van der Waals surface area (Å²) in [7, 11) is 9.78. The molecule has 0 radical (unpaired) electrons. The van der Waals surface area contributed by atoms with Gasteiger partial charge in [0, 0.05) is 5.39 Å². The Bertz CT molecular complexity index is 708. The van der Waals surface area contributed by atoms with Crippen molar-refractivity contribution in [3.8, 4) is 5.75 Å². The first-order valence-corrected chi connectivity index (χ1v) is 12.0. The van der Waals surface area contributed by atoms with Crippen molar-refractivity contribution in [1.29, 1.82) is 0 Å². The van der Waals surface area contributed by atoms with Crippen LogP contribution in [0.4, 0.5) is 0 Å². The second-order valence-electron chi connectivity index (χ2n) is 5.69. The van der Waals surface area contributed by atoms with E-state index in [9.17, 15) is 5.11 Å². The van der Waals surface area contributed by atoms with Crippen LogP contribution in [0.2, 0.25) is 0 Å². The van der Waals surface area contributed by atoms with E-state index in [1.807, 2.05) is 36.4 Å². The molecule has 4 heteroatoms. The number of hydrogen-bond acceptors (Lipinski definition) is 1. The number of phenols is 1. The molecular formula is C20H23Cl2OTi-. The van der Waals surface area contributed by atoms with Crippen LogP contribution < -0.4 is 0 Å². The van der Waals surface area contributed by atoms with Gasteiger partial charge in [0.15, 0.2) is 0 Å². The van der Waals surface area contributed by atoms with Crippen LogP contribution in [0.1, 0.15) is 27.8 Å². The van der Waals surface area contributed by atoms with E-state index >= 15 is 0 Å². The van der Waals surface area contributed by atoms with Gasteiger partial charge in [0.2, 0.25) is 0 Å². The Labute approximate surface area is 161 Å². The van der Waals surface area contributed by atoms with Crippen molar-refractivity contribution in [3.05, 3.63) is 70.3 Å². The molecular weight excluding hydrogens is 375 g/mol. The maximum atomic E-state index is 9.37. The van der Waals surface area contributed by atoms with Gasteiger partial charge in [0.25, 0.3) is 0 Å². The third kappa shape index (κ3) is 5.32. The summed E-state index contributed by atoms with van der Waals surface area (Å²) in [6.45, 7) is 11.0. The predicted octanol–water partition coefficient (Wildman–Crippen LogP) is 6.87. The molecule has 0 aliphatic rings. The monoisotopic (exact) mass is 397 g/mol. The van der Waals surface area contributed by atoms with Gasteiger partial charge in [-0.25, -0.2) is 0 Å². The van der Waals surface area contributed by atoms with E-state index in [0.29, 0.717) is 5.75 Å². The number of phenolic OH excluding ortho intramolecular Hbond substituents is 1. The zero-order valence-electron chi connectivity index (χ0n) is 14.7. The Hall–Kier alpha value is -0.856. The van der Waals surface area contributed by atoms with Crippen LogP contribution >= 0.6 is 18.6 Å². The number of halogens is 2. The van der Waals surface area contributed by atoms with Gasteiger partial charge >= 0.3 is 35.6 Å². The molecule has 0 atom stereocenters. The quantitative estimate of drug-likeness (QED) is 0.324. The summed E-state index contributed by atoms with van der Waals surface area (Å²) in [4.78, 5) is 0. The Morgan fingerprint density at radius 3 is 1.71 bits per heavy atom. The molecule has 3 aromatic rings. The Morgan fingerprint density at radius 1 is 0.833 bits per heavy atom. The second kappa shape index (κ2) is 10.2. The Kier molecular flexibility index (Phi) is 9.01. The predicted molar refractivity (Wildman–Crippen MR) is 103 cm³/mol. The molecule has 0 heterocycles. The molecule has 1 N–H and O–H groups in total. The van der Waals surface area contributed by atoms with Crippen LogP contribution in [-0.4, -0.2) is 5.11 Å². The molecule has 0 aromatic heterocycles. The van der Waals surface area contributed by atoms with Gasteiger partial charge < -0.3 is 5.11 Å². The van der Waals surface area contributed by atoms with Crippen LogP contribution in [0.5, 0.6) is 5.75 Å². The third-order valence-electron chi connectivity index (χ3n) is 4.58. The standard InChI is InChI=1S/C10H8O.C10H15.2ClH.Ti/c11-10-7-3-5-8-4-1-2-6-9(8)10;1-6-7(2)9(4)10(5)8(6)3;;;/h1-7,11H;1-5H3;2*1H;/q;-1;;;+2/p-2. The molecule has 0 spiro atoms. The van der Waals surface area contributed by atoms with Crippen molar-refractivity contribution in [1.82, 2.24) is 0 Å². The molecule has 128 valence electrons. The summed E-state index contributed by atoms with van der Waals surface area (Å²) in [5, 5.41) is 11.4. The summed E-state index contributed by atoms with van der Waals surface area (Å²) in [6.07, 6.45) is 0. The fourth-order valence-electron chi connectivity index (χ4n) is 2.61. The normalized spacial score (nSPS) is 9.62. The van der Waals surface area contributed by atoms with Gasteiger partial charge in [-0.15, -0.1) is 0 Å². The van der Waals surface area contributed by atoms with Gasteiger partial charge in [-0.3, -0.25) is 0 Å². The molecule has 0 saturated carbocycles. The zero-order chi connectivity index (χ0) is 18.3. The average molecular weight is 398 g/mol. The van der Waals surface area contributed by atoms with Crippen molar-refractivity contribution in [2.45, 2.75) is 34.6 Å². The fourth-order valence-corrected chi connectivity index (χ4v) is 2.61. The topological polar surface area (TPSA) is 20.2 Å². The van der Waals surface area contributed by atoms with Crippen molar-refractivity contribution in [2.75, 3.05) is 0 Å². The summed E-state index contributed by atoms with van der Waals surface area (Å²) >= 11 is -0.556. The van der Waals surface area contributed by atoms with Gasteiger partial charge in [-0.1, -0.05) is 71.0 Å². The summed E-state index contributed by atoms with van der Waals surface area (Å²) in [5.41, 5.74) is 7.34. The van der Waals surface area contributed by atoms with E-state index < -0.39 is 17.0 Å². The van der Waals surface area contributed by atoms with E-state index in [0.717, 1.165) is 10.8 Å². The first-order chi connectivity index (χ1) is 11.3. The first kappa shape index (κ1) is 21.2. The fraction of sp³-hybridized carbons (Fsp3) is 0.250. The molecule has 0 unspecified atom stereocenters. The molecule has 1 nitrogen and oxygen atoms in total. The van der Waals surface area contributed by atoms with Crippen molar-refractivity contribution in [2.24, 2.45) is 0 Å². The number of rotatable bonds is 0. The average Bonchev–Trinajstić information content (AvgIpc) is 2.75. The van der Waals surface area contributed by atoms with Crippen molar-refractivity contribution < 1.29 is 22.1 Å². The van der Waals surface area contributed by atoms with Crippen LogP contribution in [0, 0.1) is 34.6 Å². The Balaban J connectivity index is 0.000000208. The molecule has 0 bridgehead atoms. The summed E-state index contributed by atoms with van der Waals surface area (Å²) < 4.78 is 0. The molecule has 3 rings (SSSR count). The Morgan fingerprint density at radius 2 is 1.29 bits per heavy atom. The molecule has 0 aliphatic heterocycles. The van der Waals surface area contributed by atoms with Crippen LogP contribution in [0.3, 0.4) is 0 Å². The van der Waals surface area contributed by atoms with E-state index in [1.54, 1.807) is 6.07 Å². The minimum atomic E-state index is -0.556. The van der Waals surface area contributed by atoms with Gasteiger partial charge in [0.1, 0.15) is 5.75 Å². The zero-order valence-corrected chi connectivity index (χ0v) is 17.8. The molecule has 0 saturated heterocycles. The van der Waals surface area contributed by atoms with E-state index in [-0.39, 0.29) is 0 Å². The summed E-state index contributed by atoms with van der Waals surface area (Å²) in [5.74, 6) is 0.350. The maximum absolute atomic E-state index is 9.37. The van der Waals surface area contributed by atoms with Crippen LogP contribution in [-0.2, 0) is 17.0 Å². The second-order valence-corrected chi connectivity index (χ2v) is 8.27. The van der Waals surface area contributed by atoms with Crippen LogP contribution in [0.15, 0.2) is 42.5 Å². The molecule has 0 fully saturated rings. The number of fused-ring (bicyclic) bond motifs is 1. The van der Waals surface area contributed by atoms with Gasteiger partial charge in [0.05, 0.1) is 0 Å². The third-order valence-corrected chi connectivity index (χ3v) is 4.58. The molecule has 24 heavy (non-hydrogen) atoms. The first-order valence-electron chi connectivity index (χ1n) is 7.67. The molecule has 0 aliphatic carbocycles. The molecule has 3 aromatic carbocycles. The van der Waals surface area contributed by atoms with E-state index in [2.05, 4.69) is 34.6 Å². The van der Waals surface area contributed by atoms with Crippen molar-refractivity contribution in [3.63, 3.8) is 0 Å². The van der Waals surface area contributed by atoms with Crippen molar-refractivity contribution >= 4 is 29.4 Å². The molecule has 0 amide bonds. The number of aromatic hydroxyl groups is 1. The van der Waals surface area contributed by atoms with Gasteiger partial charge in [-0.2, -0.15) is 27.8 Å². The van der Waals surface area contributed by atoms with E-state index in [1.165, 1.54) is 27.8 Å². The van der Waals surface area contributed by atoms with E-state index in [4.69, 9.17) is 18.6 Å². The minimum absolute atomic E-state index is 0.350. The SMILES string of the molecule is Cc1c(C)c(C)[c-](C)c1C.Oc1cccc2ccccc12.[Cl][Ti][Cl]. The number of hydrogen-bond donors (Lipinski definition) is 1. The van der Waals surface area contributed by atoms with Crippen LogP contribution in [0.25, 0.3) is 10.8 Å². The summed E-state index contributed by atoms with van der Waals surface area (Å²) in [6, 6.07) is 13.3. The number of benzene rings is 2.